The Kier molecular flexibility index (Phi) is 5.16. The number of aliphatic hydroxyl groups is 1. The Labute approximate surface area is 114 Å². The van der Waals surface area contributed by atoms with Gasteiger partial charge in [0.2, 0.25) is 0 Å². The van der Waals surface area contributed by atoms with Crippen LogP contribution in [0.15, 0.2) is 24.3 Å². The number of halogens is 1. The number of likely N-dealkylation sites (tertiary alicyclic amines) is 1. The van der Waals surface area contributed by atoms with Gasteiger partial charge in [-0.1, -0.05) is 6.92 Å². The third-order valence-electron chi connectivity index (χ3n) is 3.70. The average Bonchev–Trinajstić information content (AvgIpc) is 2.41. The zero-order valence-electron chi connectivity index (χ0n) is 11.4. The summed E-state index contributed by atoms with van der Waals surface area (Å²) in [5.41, 5.74) is 0. The molecule has 106 valence electrons. The zero-order valence-corrected chi connectivity index (χ0v) is 11.4. The topological polar surface area (TPSA) is 32.7 Å². The molecule has 1 saturated heterocycles. The summed E-state index contributed by atoms with van der Waals surface area (Å²) in [6.07, 6.45) is 1.77. The molecule has 3 nitrogen and oxygen atoms in total. The Morgan fingerprint density at radius 2 is 2.11 bits per heavy atom. The third-order valence-corrected chi connectivity index (χ3v) is 3.70. The van der Waals surface area contributed by atoms with E-state index in [0.29, 0.717) is 18.3 Å². The van der Waals surface area contributed by atoms with Gasteiger partial charge in [0.15, 0.2) is 0 Å². The molecule has 1 aromatic carbocycles. The highest BCUT2D eigenvalue weighted by molar-refractivity contribution is 5.21. The van der Waals surface area contributed by atoms with Crippen molar-refractivity contribution in [1.82, 2.24) is 4.90 Å². The van der Waals surface area contributed by atoms with E-state index < -0.39 is 0 Å². The van der Waals surface area contributed by atoms with E-state index in [2.05, 4.69) is 11.8 Å². The summed E-state index contributed by atoms with van der Waals surface area (Å²) in [6, 6.07) is 6.08. The van der Waals surface area contributed by atoms with Crippen LogP contribution < -0.4 is 4.74 Å². The van der Waals surface area contributed by atoms with E-state index in [1.54, 1.807) is 12.1 Å². The monoisotopic (exact) mass is 267 g/mol. The Balaban J connectivity index is 1.63. The molecule has 1 heterocycles. The molecular formula is C15H22FNO2. The molecule has 0 saturated carbocycles. The van der Waals surface area contributed by atoms with E-state index >= 15 is 0 Å². The van der Waals surface area contributed by atoms with Gasteiger partial charge in [-0.05, 0) is 49.6 Å². The lowest BCUT2D eigenvalue weighted by Gasteiger charge is -2.34. The van der Waals surface area contributed by atoms with Crippen molar-refractivity contribution in [2.75, 3.05) is 26.2 Å². The number of rotatable bonds is 5. The van der Waals surface area contributed by atoms with Gasteiger partial charge in [-0.15, -0.1) is 0 Å². The molecule has 1 fully saturated rings. The molecule has 0 amide bonds. The van der Waals surface area contributed by atoms with E-state index in [0.717, 1.165) is 32.5 Å². The van der Waals surface area contributed by atoms with Crippen LogP contribution in [0.2, 0.25) is 0 Å². The van der Waals surface area contributed by atoms with Gasteiger partial charge >= 0.3 is 0 Å². The normalized spacial score (nSPS) is 24.4. The summed E-state index contributed by atoms with van der Waals surface area (Å²) in [6.45, 7) is 5.46. The molecule has 1 N–H and O–H groups in total. The molecule has 1 aliphatic heterocycles. The van der Waals surface area contributed by atoms with Gasteiger partial charge in [0.25, 0.3) is 0 Å². The summed E-state index contributed by atoms with van der Waals surface area (Å²) >= 11 is 0. The molecule has 2 atom stereocenters. The van der Waals surface area contributed by atoms with Crippen LogP contribution in [-0.2, 0) is 0 Å². The number of hydrogen-bond donors (Lipinski definition) is 1. The fraction of sp³-hybridized carbons (Fsp3) is 0.600. The maximum Gasteiger partial charge on any atom is 0.123 e. The first-order valence-corrected chi connectivity index (χ1v) is 6.94. The van der Waals surface area contributed by atoms with Crippen molar-refractivity contribution in [2.45, 2.75) is 25.9 Å². The van der Waals surface area contributed by atoms with Crippen LogP contribution in [0.4, 0.5) is 4.39 Å². The number of piperidine rings is 1. The van der Waals surface area contributed by atoms with Gasteiger partial charge in [-0.2, -0.15) is 0 Å². The number of nitrogens with zero attached hydrogens (tertiary/aromatic N) is 1. The first kappa shape index (κ1) is 14.3. The minimum absolute atomic E-state index is 0.202. The van der Waals surface area contributed by atoms with Gasteiger partial charge in [0.05, 0.1) is 12.7 Å². The van der Waals surface area contributed by atoms with Crippen molar-refractivity contribution in [3.63, 3.8) is 0 Å². The van der Waals surface area contributed by atoms with Gasteiger partial charge in [0, 0.05) is 13.1 Å². The molecule has 4 heteroatoms. The maximum atomic E-state index is 12.7. The minimum Gasteiger partial charge on any atom is -0.494 e. The van der Waals surface area contributed by atoms with Crippen molar-refractivity contribution in [3.05, 3.63) is 30.1 Å². The second-order valence-electron chi connectivity index (χ2n) is 5.29. The van der Waals surface area contributed by atoms with Gasteiger partial charge in [-0.25, -0.2) is 4.39 Å². The molecular weight excluding hydrogens is 245 g/mol. The standard InChI is InChI=1S/C15H22FNO2/c1-12-7-9-17(11-15(12)18)8-2-10-19-14-5-3-13(16)4-6-14/h3-6,12,15,18H,2,7-11H2,1H3. The van der Waals surface area contributed by atoms with Gasteiger partial charge in [-0.3, -0.25) is 0 Å². The number of ether oxygens (including phenoxy) is 1. The van der Waals surface area contributed by atoms with Crippen molar-refractivity contribution < 1.29 is 14.2 Å². The first-order chi connectivity index (χ1) is 9.15. The lowest BCUT2D eigenvalue weighted by molar-refractivity contribution is 0.0275. The molecule has 0 aliphatic carbocycles. The Hall–Kier alpha value is -1.13. The fourth-order valence-corrected chi connectivity index (χ4v) is 2.33. The summed E-state index contributed by atoms with van der Waals surface area (Å²) in [4.78, 5) is 2.28. The van der Waals surface area contributed by atoms with Crippen LogP contribution in [0.5, 0.6) is 5.75 Å². The Bertz CT molecular complexity index is 382. The average molecular weight is 267 g/mol. The molecule has 0 spiro atoms. The van der Waals surface area contributed by atoms with E-state index in [9.17, 15) is 9.50 Å². The molecule has 2 rings (SSSR count). The maximum absolute atomic E-state index is 12.7. The van der Waals surface area contributed by atoms with Crippen LogP contribution in [0.3, 0.4) is 0 Å². The molecule has 2 unspecified atom stereocenters. The van der Waals surface area contributed by atoms with E-state index in [4.69, 9.17) is 4.74 Å². The lowest BCUT2D eigenvalue weighted by Crippen LogP contribution is -2.43. The number of hydrogen-bond acceptors (Lipinski definition) is 3. The highest BCUT2D eigenvalue weighted by Crippen LogP contribution is 2.17. The van der Waals surface area contributed by atoms with Crippen LogP contribution in [0, 0.1) is 11.7 Å². The van der Waals surface area contributed by atoms with E-state index in [-0.39, 0.29) is 11.9 Å². The quantitative estimate of drug-likeness (QED) is 0.831. The van der Waals surface area contributed by atoms with Crippen molar-refractivity contribution >= 4 is 0 Å². The summed E-state index contributed by atoms with van der Waals surface area (Å²) in [5.74, 6) is 0.865. The van der Waals surface area contributed by atoms with Crippen molar-refractivity contribution in [3.8, 4) is 5.75 Å². The number of benzene rings is 1. The van der Waals surface area contributed by atoms with E-state index in [1.165, 1.54) is 12.1 Å². The number of aliphatic hydroxyl groups excluding tert-OH is 1. The molecule has 1 aliphatic rings. The second kappa shape index (κ2) is 6.87. The largest absolute Gasteiger partial charge is 0.494 e. The smallest absolute Gasteiger partial charge is 0.123 e. The Morgan fingerprint density at radius 3 is 2.79 bits per heavy atom. The molecule has 0 bridgehead atoms. The van der Waals surface area contributed by atoms with Gasteiger partial charge < -0.3 is 14.7 Å². The van der Waals surface area contributed by atoms with Crippen molar-refractivity contribution in [1.29, 1.82) is 0 Å². The third kappa shape index (κ3) is 4.48. The summed E-state index contributed by atoms with van der Waals surface area (Å²) in [5, 5.41) is 9.80. The molecule has 0 aromatic heterocycles. The number of β-amino-alcohol motifs (C(OH)–C–C–N with tert-alkyl or cyclic N) is 1. The fourth-order valence-electron chi connectivity index (χ4n) is 2.33. The van der Waals surface area contributed by atoms with Crippen LogP contribution in [-0.4, -0.2) is 42.4 Å². The molecule has 19 heavy (non-hydrogen) atoms. The summed E-state index contributed by atoms with van der Waals surface area (Å²) < 4.78 is 18.2. The molecule has 0 radical (unpaired) electrons. The van der Waals surface area contributed by atoms with Crippen LogP contribution >= 0.6 is 0 Å². The minimum atomic E-state index is -0.247. The van der Waals surface area contributed by atoms with Crippen LogP contribution in [0.25, 0.3) is 0 Å². The lowest BCUT2D eigenvalue weighted by atomic mass is 9.96. The highest BCUT2D eigenvalue weighted by Gasteiger charge is 2.23. The highest BCUT2D eigenvalue weighted by atomic mass is 19.1. The van der Waals surface area contributed by atoms with Gasteiger partial charge in [0.1, 0.15) is 11.6 Å². The van der Waals surface area contributed by atoms with Crippen molar-refractivity contribution in [2.24, 2.45) is 5.92 Å². The predicted octanol–water partition coefficient (Wildman–Crippen LogP) is 2.30. The summed E-state index contributed by atoms with van der Waals surface area (Å²) in [7, 11) is 0. The SMILES string of the molecule is CC1CCN(CCCOc2ccc(F)cc2)CC1O. The second-order valence-corrected chi connectivity index (χ2v) is 5.29. The first-order valence-electron chi connectivity index (χ1n) is 6.94. The van der Waals surface area contributed by atoms with E-state index in [1.807, 2.05) is 0 Å². The Morgan fingerprint density at radius 1 is 1.37 bits per heavy atom. The molecule has 1 aromatic rings. The zero-order chi connectivity index (χ0) is 13.7. The predicted molar refractivity (Wildman–Crippen MR) is 72.7 cm³/mol. The van der Waals surface area contributed by atoms with Crippen LogP contribution in [0.1, 0.15) is 19.8 Å².